The highest BCUT2D eigenvalue weighted by Gasteiger charge is 2.12. The molecule has 2 N–H and O–H groups in total. The number of hydrogen-bond acceptors (Lipinski definition) is 3. The molecule has 0 fully saturated rings. The van der Waals surface area contributed by atoms with E-state index >= 15 is 0 Å². The smallest absolute Gasteiger partial charge is 0.229 e. The Kier molecular flexibility index (Phi) is 4.11. The van der Waals surface area contributed by atoms with Crippen LogP contribution < -0.4 is 10.5 Å². The molecule has 0 atom stereocenters. The molecule has 6 heteroatoms. The molecule has 98 valence electrons. The van der Waals surface area contributed by atoms with E-state index in [1.807, 2.05) is 0 Å². The van der Waals surface area contributed by atoms with Gasteiger partial charge >= 0.3 is 0 Å². The number of benzene rings is 1. The van der Waals surface area contributed by atoms with Gasteiger partial charge < -0.3 is 10.5 Å². The van der Waals surface area contributed by atoms with Crippen molar-refractivity contribution in [3.05, 3.63) is 51.9 Å². The Hall–Kier alpha value is -1.53. The first-order valence-corrected chi connectivity index (χ1v) is 6.58. The summed E-state index contributed by atoms with van der Waals surface area (Å²) in [5.74, 6) is -0.227. The molecule has 3 nitrogen and oxygen atoms in total. The number of rotatable bonds is 3. The number of pyridine rings is 1. The molecule has 0 bridgehead atoms. The predicted octanol–water partition coefficient (Wildman–Crippen LogP) is 3.72. The number of halogens is 2. The van der Waals surface area contributed by atoms with Gasteiger partial charge in [-0.25, -0.2) is 9.37 Å². The summed E-state index contributed by atoms with van der Waals surface area (Å²) in [6.45, 7) is 1.80. The summed E-state index contributed by atoms with van der Waals surface area (Å²) in [5.41, 5.74) is 6.79. The van der Waals surface area contributed by atoms with Crippen LogP contribution in [0, 0.1) is 12.7 Å². The van der Waals surface area contributed by atoms with Crippen molar-refractivity contribution in [2.24, 2.45) is 5.73 Å². The molecule has 0 amide bonds. The lowest BCUT2D eigenvalue weighted by Crippen LogP contribution is -2.12. The standard InChI is InChI=1S/C13H10BrFN2OS/c1-7-2-4-9(12(16)19)13(17-7)18-11-6-8(14)3-5-10(11)15/h2-6H,1H3,(H2,16,19). The van der Waals surface area contributed by atoms with Gasteiger partial charge in [0.15, 0.2) is 11.6 Å². The highest BCUT2D eigenvalue weighted by molar-refractivity contribution is 9.10. The maximum absolute atomic E-state index is 13.7. The zero-order valence-corrected chi connectivity index (χ0v) is 12.4. The molecule has 0 radical (unpaired) electrons. The normalized spacial score (nSPS) is 10.3. The van der Waals surface area contributed by atoms with Gasteiger partial charge in [0.25, 0.3) is 0 Å². The average molecular weight is 341 g/mol. The first kappa shape index (κ1) is 13.9. The summed E-state index contributed by atoms with van der Waals surface area (Å²) in [6.07, 6.45) is 0. The van der Waals surface area contributed by atoms with E-state index in [1.165, 1.54) is 12.1 Å². The van der Waals surface area contributed by atoms with Crippen LogP contribution in [-0.2, 0) is 0 Å². The maximum atomic E-state index is 13.7. The van der Waals surface area contributed by atoms with Crippen LogP contribution in [0.25, 0.3) is 0 Å². The van der Waals surface area contributed by atoms with Crippen molar-refractivity contribution >= 4 is 33.1 Å². The second-order valence-electron chi connectivity index (χ2n) is 3.85. The summed E-state index contributed by atoms with van der Waals surface area (Å²) in [5, 5.41) is 0. The van der Waals surface area contributed by atoms with Gasteiger partial charge in [0, 0.05) is 10.2 Å². The first-order chi connectivity index (χ1) is 8.97. The maximum Gasteiger partial charge on any atom is 0.229 e. The number of aryl methyl sites for hydroxylation is 1. The van der Waals surface area contributed by atoms with Crippen LogP contribution in [-0.4, -0.2) is 9.97 Å². The summed E-state index contributed by atoms with van der Waals surface area (Å²) >= 11 is 8.18. The minimum absolute atomic E-state index is 0.0602. The van der Waals surface area contributed by atoms with Crippen LogP contribution in [0.15, 0.2) is 34.8 Å². The largest absolute Gasteiger partial charge is 0.435 e. The molecule has 0 aliphatic heterocycles. The molecule has 0 aliphatic rings. The molecule has 19 heavy (non-hydrogen) atoms. The van der Waals surface area contributed by atoms with Crippen molar-refractivity contribution in [1.82, 2.24) is 4.98 Å². The van der Waals surface area contributed by atoms with Crippen LogP contribution in [0.2, 0.25) is 0 Å². The fourth-order valence-corrected chi connectivity index (χ4v) is 1.95. The van der Waals surface area contributed by atoms with Gasteiger partial charge in [-0.05, 0) is 37.3 Å². The molecule has 1 aromatic carbocycles. The van der Waals surface area contributed by atoms with E-state index in [0.29, 0.717) is 10.0 Å². The zero-order valence-electron chi connectivity index (χ0n) is 9.98. The molecule has 2 aromatic rings. The van der Waals surface area contributed by atoms with Crippen molar-refractivity contribution in [1.29, 1.82) is 0 Å². The van der Waals surface area contributed by atoms with Crippen molar-refractivity contribution in [2.45, 2.75) is 6.92 Å². The Labute approximate surface area is 123 Å². The van der Waals surface area contributed by atoms with E-state index in [1.54, 1.807) is 25.1 Å². The zero-order chi connectivity index (χ0) is 14.0. The van der Waals surface area contributed by atoms with Crippen molar-refractivity contribution < 1.29 is 9.13 Å². The van der Waals surface area contributed by atoms with E-state index in [9.17, 15) is 4.39 Å². The molecule has 0 unspecified atom stereocenters. The second kappa shape index (κ2) is 5.63. The number of nitrogens with zero attached hydrogens (tertiary/aromatic N) is 1. The Morgan fingerprint density at radius 1 is 1.37 bits per heavy atom. The van der Waals surface area contributed by atoms with Crippen molar-refractivity contribution in [3.63, 3.8) is 0 Å². The van der Waals surface area contributed by atoms with E-state index < -0.39 is 5.82 Å². The lowest BCUT2D eigenvalue weighted by atomic mass is 10.2. The fourth-order valence-electron chi connectivity index (χ4n) is 1.46. The van der Waals surface area contributed by atoms with Gasteiger partial charge in [-0.3, -0.25) is 0 Å². The number of nitrogens with two attached hydrogens (primary N) is 1. The van der Waals surface area contributed by atoms with Gasteiger partial charge in [0.1, 0.15) is 4.99 Å². The molecule has 1 heterocycles. The Balaban J connectivity index is 2.45. The van der Waals surface area contributed by atoms with Gasteiger partial charge in [-0.15, -0.1) is 0 Å². The quantitative estimate of drug-likeness (QED) is 0.865. The van der Waals surface area contributed by atoms with Crippen LogP contribution in [0.5, 0.6) is 11.6 Å². The van der Waals surface area contributed by atoms with Crippen molar-refractivity contribution in [2.75, 3.05) is 0 Å². The van der Waals surface area contributed by atoms with E-state index in [4.69, 9.17) is 22.7 Å². The number of aromatic nitrogens is 1. The van der Waals surface area contributed by atoms with Crippen LogP contribution in [0.1, 0.15) is 11.3 Å². The number of thiocarbonyl (C=S) groups is 1. The highest BCUT2D eigenvalue weighted by Crippen LogP contribution is 2.28. The second-order valence-corrected chi connectivity index (χ2v) is 5.20. The summed E-state index contributed by atoms with van der Waals surface area (Å²) < 4.78 is 19.8. The van der Waals surface area contributed by atoms with Gasteiger partial charge in [-0.2, -0.15) is 0 Å². The molecule has 0 aliphatic carbocycles. The van der Waals surface area contributed by atoms with Gasteiger partial charge in [0.05, 0.1) is 5.56 Å². The molecule has 0 saturated carbocycles. The van der Waals surface area contributed by atoms with Crippen LogP contribution >= 0.6 is 28.1 Å². The fraction of sp³-hybridized carbons (Fsp3) is 0.0769. The van der Waals surface area contributed by atoms with Gasteiger partial charge in [0.2, 0.25) is 5.88 Å². The first-order valence-electron chi connectivity index (χ1n) is 5.37. The molecule has 2 rings (SSSR count). The van der Waals surface area contributed by atoms with E-state index in [2.05, 4.69) is 20.9 Å². The SMILES string of the molecule is Cc1ccc(C(N)=S)c(Oc2cc(Br)ccc2F)n1. The Morgan fingerprint density at radius 3 is 2.79 bits per heavy atom. The lowest BCUT2D eigenvalue weighted by Gasteiger charge is -2.10. The van der Waals surface area contributed by atoms with Crippen LogP contribution in [0.3, 0.4) is 0 Å². The van der Waals surface area contributed by atoms with Crippen LogP contribution in [0.4, 0.5) is 4.39 Å². The van der Waals surface area contributed by atoms with Crippen molar-refractivity contribution in [3.8, 4) is 11.6 Å². The van der Waals surface area contributed by atoms with Gasteiger partial charge in [-0.1, -0.05) is 28.1 Å². The average Bonchev–Trinajstić information content (AvgIpc) is 2.33. The third-order valence-electron chi connectivity index (χ3n) is 2.36. The summed E-state index contributed by atoms with van der Waals surface area (Å²) in [7, 11) is 0. The molecule has 0 spiro atoms. The third-order valence-corrected chi connectivity index (χ3v) is 3.08. The molecular formula is C13H10BrFN2OS. The monoisotopic (exact) mass is 340 g/mol. The molecular weight excluding hydrogens is 331 g/mol. The predicted molar refractivity (Wildman–Crippen MR) is 79.0 cm³/mol. The Morgan fingerprint density at radius 2 is 2.11 bits per heavy atom. The Bertz CT molecular complexity index is 649. The topological polar surface area (TPSA) is 48.1 Å². The highest BCUT2D eigenvalue weighted by atomic mass is 79.9. The third kappa shape index (κ3) is 3.27. The number of hydrogen-bond donors (Lipinski definition) is 1. The molecule has 0 saturated heterocycles. The summed E-state index contributed by atoms with van der Waals surface area (Å²) in [4.78, 5) is 4.34. The van der Waals surface area contributed by atoms with E-state index in [0.717, 1.165) is 5.69 Å². The number of ether oxygens (including phenoxy) is 1. The summed E-state index contributed by atoms with van der Waals surface area (Å²) in [6, 6.07) is 7.87. The molecule has 1 aromatic heterocycles. The van der Waals surface area contributed by atoms with E-state index in [-0.39, 0.29) is 16.6 Å². The lowest BCUT2D eigenvalue weighted by molar-refractivity contribution is 0.425. The minimum Gasteiger partial charge on any atom is -0.435 e. The minimum atomic E-state index is -0.486.